The van der Waals surface area contributed by atoms with Gasteiger partial charge < -0.3 is 10.0 Å². The molecule has 1 rings (SSSR count). The first-order chi connectivity index (χ1) is 7.54. The number of hydrogen-bond donors (Lipinski definition) is 1. The summed E-state index contributed by atoms with van der Waals surface area (Å²) in [5.74, 6) is 2.36. The number of hydrogen-bond acceptors (Lipinski definition) is 2. The van der Waals surface area contributed by atoms with Crippen molar-refractivity contribution < 1.29 is 5.11 Å². The third kappa shape index (κ3) is 3.67. The van der Waals surface area contributed by atoms with Crippen molar-refractivity contribution in [1.29, 1.82) is 0 Å². The molecule has 16 heavy (non-hydrogen) atoms. The van der Waals surface area contributed by atoms with Crippen LogP contribution in [0.15, 0.2) is 24.0 Å². The lowest BCUT2D eigenvalue weighted by atomic mass is 9.77. The maximum atomic E-state index is 9.59. The van der Waals surface area contributed by atoms with E-state index in [1.807, 2.05) is 6.08 Å². The monoisotopic (exact) mass is 223 g/mol. The van der Waals surface area contributed by atoms with Crippen molar-refractivity contribution in [3.05, 3.63) is 24.0 Å². The van der Waals surface area contributed by atoms with Crippen LogP contribution in [0.4, 0.5) is 0 Å². The van der Waals surface area contributed by atoms with Crippen LogP contribution in [-0.2, 0) is 0 Å². The second kappa shape index (κ2) is 6.09. The highest BCUT2D eigenvalue weighted by atomic mass is 16.3. The van der Waals surface area contributed by atoms with E-state index in [1.165, 1.54) is 6.42 Å². The van der Waals surface area contributed by atoms with E-state index >= 15 is 0 Å². The average molecular weight is 223 g/mol. The van der Waals surface area contributed by atoms with E-state index in [9.17, 15) is 5.11 Å². The molecule has 2 nitrogen and oxygen atoms in total. The van der Waals surface area contributed by atoms with Crippen molar-refractivity contribution in [2.45, 2.75) is 26.7 Å². The molecule has 2 heteroatoms. The molecule has 1 aliphatic carbocycles. The molecule has 0 saturated heterocycles. The standard InChI is InChI=1S/C14H25NO/c1-5-14(11(2)10-15(3)4)12-7-6-8-13(16)9-12/h6-8,11-12,14,16H,5,9-10H2,1-4H3/t11-,12?,14+/m0/s1. The largest absolute Gasteiger partial charge is 0.512 e. The van der Waals surface area contributed by atoms with E-state index in [0.717, 1.165) is 13.0 Å². The maximum Gasteiger partial charge on any atom is 0.0928 e. The van der Waals surface area contributed by atoms with E-state index in [0.29, 0.717) is 23.5 Å². The lowest BCUT2D eigenvalue weighted by Crippen LogP contribution is -2.29. The summed E-state index contributed by atoms with van der Waals surface area (Å²) in [5.41, 5.74) is 0. The van der Waals surface area contributed by atoms with E-state index in [1.54, 1.807) is 6.08 Å². The Morgan fingerprint density at radius 3 is 2.69 bits per heavy atom. The minimum Gasteiger partial charge on any atom is -0.512 e. The Kier molecular flexibility index (Phi) is 5.07. The number of allylic oxidation sites excluding steroid dienone is 4. The lowest BCUT2D eigenvalue weighted by Gasteiger charge is -2.32. The Morgan fingerprint density at radius 2 is 2.19 bits per heavy atom. The number of nitrogens with zero attached hydrogens (tertiary/aromatic N) is 1. The Hall–Kier alpha value is -0.760. The van der Waals surface area contributed by atoms with Gasteiger partial charge in [-0.25, -0.2) is 0 Å². The first kappa shape index (κ1) is 13.3. The van der Waals surface area contributed by atoms with Crippen LogP contribution in [0.2, 0.25) is 0 Å². The zero-order chi connectivity index (χ0) is 12.1. The van der Waals surface area contributed by atoms with Gasteiger partial charge in [0.25, 0.3) is 0 Å². The summed E-state index contributed by atoms with van der Waals surface area (Å²) >= 11 is 0. The predicted octanol–water partition coefficient (Wildman–Crippen LogP) is 3.23. The summed E-state index contributed by atoms with van der Waals surface area (Å²) in [7, 11) is 4.24. The summed E-state index contributed by atoms with van der Waals surface area (Å²) < 4.78 is 0. The fourth-order valence-corrected chi connectivity index (χ4v) is 2.82. The average Bonchev–Trinajstić information content (AvgIpc) is 2.17. The minimum absolute atomic E-state index is 0.505. The van der Waals surface area contributed by atoms with E-state index in [4.69, 9.17) is 0 Å². The van der Waals surface area contributed by atoms with Crippen LogP contribution in [0.1, 0.15) is 26.7 Å². The lowest BCUT2D eigenvalue weighted by molar-refractivity contribution is 0.201. The first-order valence-corrected chi connectivity index (χ1v) is 6.25. The Labute approximate surface area is 99.7 Å². The van der Waals surface area contributed by atoms with Crippen molar-refractivity contribution in [2.24, 2.45) is 17.8 Å². The third-order valence-corrected chi connectivity index (χ3v) is 3.50. The van der Waals surface area contributed by atoms with Crippen LogP contribution in [-0.4, -0.2) is 30.6 Å². The SMILES string of the molecule is CC[C@@H](C1C=CC=C(O)C1)[C@@H](C)CN(C)C. The molecule has 0 aromatic rings. The van der Waals surface area contributed by atoms with Gasteiger partial charge in [-0.3, -0.25) is 0 Å². The molecule has 0 bridgehead atoms. The van der Waals surface area contributed by atoms with Gasteiger partial charge in [0.15, 0.2) is 0 Å². The van der Waals surface area contributed by atoms with Crippen LogP contribution in [0.3, 0.4) is 0 Å². The smallest absolute Gasteiger partial charge is 0.0928 e. The van der Waals surface area contributed by atoms with Crippen molar-refractivity contribution in [1.82, 2.24) is 4.90 Å². The topological polar surface area (TPSA) is 23.5 Å². The molecule has 0 fully saturated rings. The summed E-state index contributed by atoms with van der Waals surface area (Å²) in [4.78, 5) is 2.25. The quantitative estimate of drug-likeness (QED) is 0.773. The van der Waals surface area contributed by atoms with Crippen LogP contribution >= 0.6 is 0 Å². The highest BCUT2D eigenvalue weighted by Crippen LogP contribution is 2.32. The van der Waals surface area contributed by atoms with Gasteiger partial charge in [0.2, 0.25) is 0 Å². The Balaban J connectivity index is 2.60. The predicted molar refractivity (Wildman–Crippen MR) is 69.5 cm³/mol. The minimum atomic E-state index is 0.505. The molecule has 1 N–H and O–H groups in total. The highest BCUT2D eigenvalue weighted by molar-refractivity contribution is 5.15. The van der Waals surface area contributed by atoms with Gasteiger partial charge in [0, 0.05) is 13.0 Å². The summed E-state index contributed by atoms with van der Waals surface area (Å²) in [6, 6.07) is 0. The molecule has 0 amide bonds. The number of aliphatic hydroxyl groups is 1. The molecule has 0 heterocycles. The van der Waals surface area contributed by atoms with Crippen molar-refractivity contribution >= 4 is 0 Å². The van der Waals surface area contributed by atoms with Gasteiger partial charge in [-0.05, 0) is 37.9 Å². The molecular formula is C14H25NO. The van der Waals surface area contributed by atoms with Crippen molar-refractivity contribution in [2.75, 3.05) is 20.6 Å². The van der Waals surface area contributed by atoms with Crippen LogP contribution in [0.5, 0.6) is 0 Å². The van der Waals surface area contributed by atoms with Gasteiger partial charge in [-0.15, -0.1) is 0 Å². The van der Waals surface area contributed by atoms with Gasteiger partial charge >= 0.3 is 0 Å². The molecule has 92 valence electrons. The second-order valence-corrected chi connectivity index (χ2v) is 5.22. The van der Waals surface area contributed by atoms with Crippen molar-refractivity contribution in [3.63, 3.8) is 0 Å². The highest BCUT2D eigenvalue weighted by Gasteiger charge is 2.25. The Morgan fingerprint density at radius 1 is 1.50 bits per heavy atom. The van der Waals surface area contributed by atoms with Crippen LogP contribution in [0, 0.1) is 17.8 Å². The fourth-order valence-electron chi connectivity index (χ4n) is 2.82. The summed E-state index contributed by atoms with van der Waals surface area (Å²) in [6.07, 6.45) is 8.04. The molecule has 0 aliphatic heterocycles. The zero-order valence-corrected chi connectivity index (χ0v) is 11.0. The van der Waals surface area contributed by atoms with E-state index < -0.39 is 0 Å². The molecular weight excluding hydrogens is 198 g/mol. The van der Waals surface area contributed by atoms with Gasteiger partial charge in [-0.1, -0.05) is 32.4 Å². The van der Waals surface area contributed by atoms with E-state index in [2.05, 4.69) is 38.9 Å². The molecule has 1 aliphatic rings. The second-order valence-electron chi connectivity index (χ2n) is 5.22. The van der Waals surface area contributed by atoms with Gasteiger partial charge in [0.1, 0.15) is 0 Å². The Bertz CT molecular complexity index is 268. The first-order valence-electron chi connectivity index (χ1n) is 6.25. The normalized spacial score (nSPS) is 24.3. The third-order valence-electron chi connectivity index (χ3n) is 3.50. The maximum absolute atomic E-state index is 9.59. The molecule has 3 atom stereocenters. The molecule has 0 spiro atoms. The fraction of sp³-hybridized carbons (Fsp3) is 0.714. The van der Waals surface area contributed by atoms with E-state index in [-0.39, 0.29) is 0 Å². The summed E-state index contributed by atoms with van der Waals surface area (Å²) in [6.45, 7) is 5.69. The summed E-state index contributed by atoms with van der Waals surface area (Å²) in [5, 5.41) is 9.59. The molecule has 0 aromatic carbocycles. The molecule has 0 aromatic heterocycles. The molecule has 0 saturated carbocycles. The molecule has 1 unspecified atom stereocenters. The number of rotatable bonds is 5. The van der Waals surface area contributed by atoms with Crippen LogP contribution in [0.25, 0.3) is 0 Å². The number of aliphatic hydroxyl groups excluding tert-OH is 1. The molecule has 0 radical (unpaired) electrons. The van der Waals surface area contributed by atoms with Crippen molar-refractivity contribution in [3.8, 4) is 0 Å². The van der Waals surface area contributed by atoms with Gasteiger partial charge in [-0.2, -0.15) is 0 Å². The van der Waals surface area contributed by atoms with Gasteiger partial charge in [0.05, 0.1) is 5.76 Å². The van der Waals surface area contributed by atoms with Crippen LogP contribution < -0.4 is 0 Å². The zero-order valence-electron chi connectivity index (χ0n) is 11.0.